The monoisotopic (exact) mass is 460 g/mol. The number of alkyl carbamates (subject to hydrolysis) is 1. The van der Waals surface area contributed by atoms with Crippen LogP contribution in [-0.2, 0) is 14.3 Å². The second-order valence-corrected chi connectivity index (χ2v) is 9.35. The highest BCUT2D eigenvalue weighted by molar-refractivity contribution is 5.89. The van der Waals surface area contributed by atoms with Crippen LogP contribution in [-0.4, -0.2) is 54.2 Å². The number of aliphatic carboxylic acids is 1. The molecule has 3 aliphatic rings. The Balaban J connectivity index is 1.19. The van der Waals surface area contributed by atoms with E-state index in [2.05, 4.69) is 29.6 Å². The van der Waals surface area contributed by atoms with Crippen LogP contribution in [0.3, 0.4) is 0 Å². The van der Waals surface area contributed by atoms with Gasteiger partial charge in [0.15, 0.2) is 0 Å². The van der Waals surface area contributed by atoms with Gasteiger partial charge in [0.1, 0.15) is 6.61 Å². The second kappa shape index (κ2) is 8.97. The molecule has 5 rings (SSSR count). The maximum atomic E-state index is 13.2. The predicted molar refractivity (Wildman–Crippen MR) is 126 cm³/mol. The molecule has 1 fully saturated rings. The molecule has 2 aromatic carbocycles. The lowest BCUT2D eigenvalue weighted by Crippen LogP contribution is -2.54. The van der Waals surface area contributed by atoms with E-state index in [-0.39, 0.29) is 25.0 Å². The Morgan fingerprint density at radius 1 is 1.03 bits per heavy atom. The molecule has 1 saturated carbocycles. The first-order valence-electron chi connectivity index (χ1n) is 11.8. The van der Waals surface area contributed by atoms with Gasteiger partial charge in [0, 0.05) is 31.1 Å². The second-order valence-electron chi connectivity index (χ2n) is 9.35. The first-order chi connectivity index (χ1) is 16.5. The van der Waals surface area contributed by atoms with Crippen molar-refractivity contribution in [2.75, 3.05) is 26.2 Å². The van der Waals surface area contributed by atoms with E-state index >= 15 is 0 Å². The topological polar surface area (TPSA) is 95.9 Å². The summed E-state index contributed by atoms with van der Waals surface area (Å²) in [6.45, 7) is 1.15. The van der Waals surface area contributed by atoms with Gasteiger partial charge in [-0.1, -0.05) is 61.0 Å². The number of nitrogens with one attached hydrogen (secondary N) is 1. The van der Waals surface area contributed by atoms with Crippen molar-refractivity contribution >= 4 is 18.0 Å². The summed E-state index contributed by atoms with van der Waals surface area (Å²) < 4.78 is 5.62. The Morgan fingerprint density at radius 2 is 1.68 bits per heavy atom. The number of carbonyl (C=O) groups is 3. The number of rotatable bonds is 6. The van der Waals surface area contributed by atoms with Crippen molar-refractivity contribution in [2.24, 2.45) is 5.41 Å². The largest absolute Gasteiger partial charge is 0.478 e. The number of fused-ring (bicyclic) bond motifs is 3. The van der Waals surface area contributed by atoms with Gasteiger partial charge in [-0.05, 0) is 41.5 Å². The molecule has 0 atom stereocenters. The third kappa shape index (κ3) is 3.95. The van der Waals surface area contributed by atoms with Crippen LogP contribution in [0.4, 0.5) is 4.79 Å². The molecular formula is C27H28N2O5. The summed E-state index contributed by atoms with van der Waals surface area (Å²) in [5.74, 6) is -0.957. The molecule has 0 aromatic heterocycles. The van der Waals surface area contributed by atoms with Gasteiger partial charge in [-0.25, -0.2) is 9.59 Å². The average molecular weight is 461 g/mol. The Kier molecular flexibility index (Phi) is 5.86. The zero-order valence-electron chi connectivity index (χ0n) is 19.0. The van der Waals surface area contributed by atoms with E-state index < -0.39 is 17.5 Å². The third-order valence-corrected chi connectivity index (χ3v) is 7.45. The van der Waals surface area contributed by atoms with Crippen molar-refractivity contribution in [3.8, 4) is 11.1 Å². The van der Waals surface area contributed by atoms with Crippen LogP contribution in [0.2, 0.25) is 0 Å². The van der Waals surface area contributed by atoms with E-state index in [9.17, 15) is 14.4 Å². The normalized spacial score (nSPS) is 18.2. The molecule has 7 nitrogen and oxygen atoms in total. The molecular weight excluding hydrogens is 432 g/mol. The Morgan fingerprint density at radius 3 is 2.21 bits per heavy atom. The maximum absolute atomic E-state index is 13.2. The van der Waals surface area contributed by atoms with Crippen LogP contribution in [0.5, 0.6) is 0 Å². The Labute approximate surface area is 198 Å². The SMILES string of the molecule is O=C(NCC1(C(=O)N2CC=C(C(=O)O)CC2)CCC1)OCC1c2ccccc2-c2ccccc21. The molecule has 2 aromatic rings. The van der Waals surface area contributed by atoms with E-state index in [0.717, 1.165) is 17.5 Å². The van der Waals surface area contributed by atoms with Gasteiger partial charge >= 0.3 is 12.1 Å². The van der Waals surface area contributed by atoms with Gasteiger partial charge in [-0.15, -0.1) is 0 Å². The summed E-state index contributed by atoms with van der Waals surface area (Å²) in [4.78, 5) is 38.6. The van der Waals surface area contributed by atoms with E-state index in [1.165, 1.54) is 11.1 Å². The molecule has 0 unspecified atom stereocenters. The molecule has 7 heteroatoms. The molecule has 0 saturated heterocycles. The predicted octanol–water partition coefficient (Wildman–Crippen LogP) is 3.94. The number of ether oxygens (including phenoxy) is 1. The summed E-state index contributed by atoms with van der Waals surface area (Å²) in [5, 5.41) is 12.0. The molecule has 176 valence electrons. The number of amides is 2. The number of hydrogen-bond acceptors (Lipinski definition) is 4. The molecule has 0 spiro atoms. The minimum Gasteiger partial charge on any atom is -0.478 e. The van der Waals surface area contributed by atoms with Gasteiger partial charge in [-0.2, -0.15) is 0 Å². The van der Waals surface area contributed by atoms with E-state index in [4.69, 9.17) is 9.84 Å². The fourth-order valence-corrected chi connectivity index (χ4v) is 5.34. The van der Waals surface area contributed by atoms with Crippen molar-refractivity contribution in [3.63, 3.8) is 0 Å². The number of carboxylic acids is 1. The average Bonchev–Trinajstić information content (AvgIpc) is 3.15. The first-order valence-corrected chi connectivity index (χ1v) is 11.8. The standard InChI is InChI=1S/C27H28N2O5/c30-24(31)18-10-14-29(15-11-18)25(32)27(12-5-13-27)17-28-26(33)34-16-23-21-8-3-1-6-19(21)20-7-2-4-9-22(20)23/h1-4,6-10,23H,5,11-17H2,(H,28,33)(H,30,31). The molecule has 2 N–H and O–H groups in total. The molecule has 1 heterocycles. The van der Waals surface area contributed by atoms with Crippen LogP contribution in [0.15, 0.2) is 60.2 Å². The molecule has 1 aliphatic heterocycles. The van der Waals surface area contributed by atoms with E-state index in [1.54, 1.807) is 11.0 Å². The van der Waals surface area contributed by atoms with E-state index in [0.29, 0.717) is 37.9 Å². The highest BCUT2D eigenvalue weighted by atomic mass is 16.5. The highest BCUT2D eigenvalue weighted by Crippen LogP contribution is 2.45. The molecule has 0 radical (unpaired) electrons. The molecule has 34 heavy (non-hydrogen) atoms. The smallest absolute Gasteiger partial charge is 0.407 e. The van der Waals surface area contributed by atoms with Gasteiger partial charge in [0.25, 0.3) is 0 Å². The van der Waals surface area contributed by atoms with Crippen molar-refractivity contribution in [2.45, 2.75) is 31.6 Å². The Hall–Kier alpha value is -3.61. The molecule has 2 amide bonds. The zero-order chi connectivity index (χ0) is 23.7. The van der Waals surface area contributed by atoms with Crippen LogP contribution in [0.1, 0.15) is 42.7 Å². The lowest BCUT2D eigenvalue weighted by molar-refractivity contribution is -0.147. The maximum Gasteiger partial charge on any atom is 0.407 e. The van der Waals surface area contributed by atoms with Crippen molar-refractivity contribution in [1.29, 1.82) is 0 Å². The van der Waals surface area contributed by atoms with Crippen molar-refractivity contribution in [3.05, 3.63) is 71.3 Å². The lowest BCUT2D eigenvalue weighted by atomic mass is 9.67. The van der Waals surface area contributed by atoms with Gasteiger partial charge < -0.3 is 20.1 Å². The van der Waals surface area contributed by atoms with Crippen LogP contribution in [0, 0.1) is 5.41 Å². The van der Waals surface area contributed by atoms with Crippen molar-refractivity contribution in [1.82, 2.24) is 10.2 Å². The van der Waals surface area contributed by atoms with Crippen molar-refractivity contribution < 1.29 is 24.2 Å². The third-order valence-electron chi connectivity index (χ3n) is 7.45. The lowest BCUT2D eigenvalue weighted by Gasteiger charge is -2.44. The summed E-state index contributed by atoms with van der Waals surface area (Å²) in [6.07, 6.45) is 3.78. The van der Waals surface area contributed by atoms with Gasteiger partial charge in [-0.3, -0.25) is 4.79 Å². The summed E-state index contributed by atoms with van der Waals surface area (Å²) in [7, 11) is 0. The van der Waals surface area contributed by atoms with E-state index in [1.807, 2.05) is 24.3 Å². The Bertz CT molecular complexity index is 1120. The van der Waals surface area contributed by atoms with Crippen LogP contribution < -0.4 is 5.32 Å². The van der Waals surface area contributed by atoms with Crippen LogP contribution in [0.25, 0.3) is 11.1 Å². The molecule has 0 bridgehead atoms. The summed E-state index contributed by atoms with van der Waals surface area (Å²) in [6, 6.07) is 16.4. The number of carboxylic acid groups (broad SMARTS) is 1. The number of nitrogens with zero attached hydrogens (tertiary/aromatic N) is 1. The summed E-state index contributed by atoms with van der Waals surface area (Å²) >= 11 is 0. The van der Waals surface area contributed by atoms with Gasteiger partial charge in [0.05, 0.1) is 5.41 Å². The fraction of sp³-hybridized carbons (Fsp3) is 0.370. The minimum absolute atomic E-state index is 0.0130. The zero-order valence-corrected chi connectivity index (χ0v) is 19.0. The molecule has 2 aliphatic carbocycles. The number of hydrogen-bond donors (Lipinski definition) is 2. The summed E-state index contributed by atoms with van der Waals surface area (Å²) in [5.41, 5.74) is 4.38. The van der Waals surface area contributed by atoms with Crippen LogP contribution >= 0.6 is 0 Å². The number of carbonyl (C=O) groups excluding carboxylic acids is 2. The quantitative estimate of drug-likeness (QED) is 0.681. The minimum atomic E-state index is -0.928. The highest BCUT2D eigenvalue weighted by Gasteiger charge is 2.46. The first kappa shape index (κ1) is 22.2. The number of benzene rings is 2. The fourth-order valence-electron chi connectivity index (χ4n) is 5.34. The van der Waals surface area contributed by atoms with Gasteiger partial charge in [0.2, 0.25) is 5.91 Å².